The molecule has 0 saturated heterocycles. The van der Waals surface area contributed by atoms with Gasteiger partial charge in [0.25, 0.3) is 0 Å². The normalized spacial score (nSPS) is 10.5. The van der Waals surface area contributed by atoms with E-state index in [2.05, 4.69) is 10.2 Å². The molecule has 1 heterocycles. The third-order valence-corrected chi connectivity index (χ3v) is 3.16. The highest BCUT2D eigenvalue weighted by Crippen LogP contribution is 2.27. The van der Waals surface area contributed by atoms with Crippen molar-refractivity contribution in [3.63, 3.8) is 0 Å². The van der Waals surface area contributed by atoms with Gasteiger partial charge in [0.1, 0.15) is 0 Å². The minimum Gasteiger partial charge on any atom is -0.478 e. The molecule has 0 amide bonds. The van der Waals surface area contributed by atoms with E-state index in [0.29, 0.717) is 22.0 Å². The number of aromatic carboxylic acids is 1. The molecule has 2 aromatic carbocycles. The van der Waals surface area contributed by atoms with E-state index in [1.165, 1.54) is 6.07 Å². The Morgan fingerprint density at radius 3 is 2.38 bits per heavy atom. The lowest BCUT2D eigenvalue weighted by molar-refractivity contribution is 0.0697. The van der Waals surface area contributed by atoms with Crippen LogP contribution in [0.5, 0.6) is 0 Å². The molecule has 0 aliphatic rings. The average molecular weight is 301 g/mol. The average Bonchev–Trinajstić information content (AvgIpc) is 2.97. The molecular formula is C15H9ClN2O3. The lowest BCUT2D eigenvalue weighted by atomic mass is 10.1. The van der Waals surface area contributed by atoms with E-state index in [-0.39, 0.29) is 11.5 Å². The smallest absolute Gasteiger partial charge is 0.336 e. The summed E-state index contributed by atoms with van der Waals surface area (Å²) in [6, 6.07) is 13.4. The monoisotopic (exact) mass is 300 g/mol. The van der Waals surface area contributed by atoms with Gasteiger partial charge in [0, 0.05) is 10.6 Å². The Morgan fingerprint density at radius 2 is 1.67 bits per heavy atom. The number of carboxylic acids is 1. The van der Waals surface area contributed by atoms with Crippen LogP contribution in [0.2, 0.25) is 5.02 Å². The van der Waals surface area contributed by atoms with Crippen LogP contribution in [0.25, 0.3) is 22.9 Å². The van der Waals surface area contributed by atoms with Gasteiger partial charge in [-0.1, -0.05) is 23.7 Å². The van der Waals surface area contributed by atoms with Crippen LogP contribution in [0.3, 0.4) is 0 Å². The molecule has 0 radical (unpaired) electrons. The number of hydrogen-bond donors (Lipinski definition) is 1. The molecule has 0 spiro atoms. The second kappa shape index (κ2) is 5.38. The maximum Gasteiger partial charge on any atom is 0.336 e. The molecule has 1 N–H and O–H groups in total. The lowest BCUT2D eigenvalue weighted by Crippen LogP contribution is -1.98. The fourth-order valence-electron chi connectivity index (χ4n) is 1.90. The molecule has 0 aliphatic carbocycles. The lowest BCUT2D eigenvalue weighted by Gasteiger charge is -2.00. The minimum atomic E-state index is -1.04. The van der Waals surface area contributed by atoms with E-state index in [1.54, 1.807) is 42.5 Å². The largest absolute Gasteiger partial charge is 0.478 e. The van der Waals surface area contributed by atoms with E-state index in [1.807, 2.05) is 0 Å². The first kappa shape index (κ1) is 13.3. The zero-order chi connectivity index (χ0) is 14.8. The summed E-state index contributed by atoms with van der Waals surface area (Å²) in [7, 11) is 0. The SMILES string of the molecule is O=C(O)c1ccccc1-c1nnc(-c2ccc(Cl)cc2)o1. The predicted octanol–water partition coefficient (Wildman–Crippen LogP) is 3.76. The first-order valence-electron chi connectivity index (χ1n) is 6.07. The topological polar surface area (TPSA) is 76.2 Å². The quantitative estimate of drug-likeness (QED) is 0.797. The molecule has 5 nitrogen and oxygen atoms in total. The van der Waals surface area contributed by atoms with Crippen LogP contribution in [0.15, 0.2) is 52.9 Å². The van der Waals surface area contributed by atoms with E-state index in [4.69, 9.17) is 16.0 Å². The molecule has 0 bridgehead atoms. The van der Waals surface area contributed by atoms with Gasteiger partial charge in [-0.05, 0) is 36.4 Å². The Morgan fingerprint density at radius 1 is 1.00 bits per heavy atom. The van der Waals surface area contributed by atoms with Crippen LogP contribution >= 0.6 is 11.6 Å². The molecule has 0 unspecified atom stereocenters. The van der Waals surface area contributed by atoms with Gasteiger partial charge in [0.15, 0.2) is 0 Å². The van der Waals surface area contributed by atoms with Crippen molar-refractivity contribution in [1.82, 2.24) is 10.2 Å². The zero-order valence-electron chi connectivity index (χ0n) is 10.7. The fraction of sp³-hybridized carbons (Fsp3) is 0. The molecule has 0 fully saturated rings. The van der Waals surface area contributed by atoms with E-state index in [0.717, 1.165) is 0 Å². The van der Waals surface area contributed by atoms with Crippen LogP contribution in [0, 0.1) is 0 Å². The molecular weight excluding hydrogens is 292 g/mol. The fourth-order valence-corrected chi connectivity index (χ4v) is 2.02. The number of carbonyl (C=O) groups is 1. The van der Waals surface area contributed by atoms with Crippen molar-refractivity contribution < 1.29 is 14.3 Å². The van der Waals surface area contributed by atoms with Crippen molar-refractivity contribution >= 4 is 17.6 Å². The van der Waals surface area contributed by atoms with E-state index >= 15 is 0 Å². The first-order chi connectivity index (χ1) is 10.1. The van der Waals surface area contributed by atoms with Crippen molar-refractivity contribution in [2.24, 2.45) is 0 Å². The van der Waals surface area contributed by atoms with E-state index < -0.39 is 5.97 Å². The third-order valence-electron chi connectivity index (χ3n) is 2.90. The molecule has 0 aliphatic heterocycles. The predicted molar refractivity (Wildman–Crippen MR) is 77.1 cm³/mol. The second-order valence-electron chi connectivity index (χ2n) is 4.27. The van der Waals surface area contributed by atoms with Crippen molar-refractivity contribution in [2.75, 3.05) is 0 Å². The summed E-state index contributed by atoms with van der Waals surface area (Å²) in [5, 5.41) is 17.6. The first-order valence-corrected chi connectivity index (χ1v) is 6.45. The summed E-state index contributed by atoms with van der Waals surface area (Å²) in [6.07, 6.45) is 0. The van der Waals surface area contributed by atoms with Crippen LogP contribution in [-0.4, -0.2) is 21.3 Å². The number of carboxylic acid groups (broad SMARTS) is 1. The summed E-state index contributed by atoms with van der Waals surface area (Å²) in [5.74, 6) is -0.573. The summed E-state index contributed by atoms with van der Waals surface area (Å²) in [4.78, 5) is 11.2. The van der Waals surface area contributed by atoms with Crippen molar-refractivity contribution in [3.8, 4) is 22.9 Å². The Labute approximate surface area is 124 Å². The van der Waals surface area contributed by atoms with Crippen molar-refractivity contribution in [3.05, 3.63) is 59.1 Å². The zero-order valence-corrected chi connectivity index (χ0v) is 11.4. The highest BCUT2D eigenvalue weighted by molar-refractivity contribution is 6.30. The maximum absolute atomic E-state index is 11.2. The van der Waals surface area contributed by atoms with Crippen molar-refractivity contribution in [1.29, 1.82) is 0 Å². The number of rotatable bonds is 3. The van der Waals surface area contributed by atoms with Gasteiger partial charge >= 0.3 is 5.97 Å². The highest BCUT2D eigenvalue weighted by Gasteiger charge is 2.16. The summed E-state index contributed by atoms with van der Waals surface area (Å²) < 4.78 is 5.56. The molecule has 6 heteroatoms. The highest BCUT2D eigenvalue weighted by atomic mass is 35.5. The van der Waals surface area contributed by atoms with Gasteiger partial charge in [0.05, 0.1) is 11.1 Å². The molecule has 0 atom stereocenters. The minimum absolute atomic E-state index is 0.115. The van der Waals surface area contributed by atoms with Crippen LogP contribution in [-0.2, 0) is 0 Å². The van der Waals surface area contributed by atoms with Gasteiger partial charge in [0.2, 0.25) is 11.8 Å². The van der Waals surface area contributed by atoms with Gasteiger partial charge < -0.3 is 9.52 Å². The van der Waals surface area contributed by atoms with Crippen molar-refractivity contribution in [2.45, 2.75) is 0 Å². The summed E-state index contributed by atoms with van der Waals surface area (Å²) >= 11 is 5.82. The molecule has 3 aromatic rings. The number of nitrogens with zero attached hydrogens (tertiary/aromatic N) is 2. The van der Waals surface area contributed by atoms with Gasteiger partial charge in [-0.3, -0.25) is 0 Å². The summed E-state index contributed by atoms with van der Waals surface area (Å²) in [5.41, 5.74) is 1.22. The van der Waals surface area contributed by atoms with Gasteiger partial charge in [-0.2, -0.15) is 0 Å². The third kappa shape index (κ3) is 2.64. The Balaban J connectivity index is 2.03. The Kier molecular flexibility index (Phi) is 3.41. The van der Waals surface area contributed by atoms with Crippen LogP contribution < -0.4 is 0 Å². The molecule has 1 aromatic heterocycles. The molecule has 21 heavy (non-hydrogen) atoms. The standard InChI is InChI=1S/C15H9ClN2O3/c16-10-7-5-9(6-8-10)13-17-18-14(21-13)11-3-1-2-4-12(11)15(19)20/h1-8H,(H,19,20). The molecule has 0 saturated carbocycles. The van der Waals surface area contributed by atoms with Gasteiger partial charge in [-0.15, -0.1) is 10.2 Å². The van der Waals surface area contributed by atoms with Gasteiger partial charge in [-0.25, -0.2) is 4.79 Å². The molecule has 104 valence electrons. The van der Waals surface area contributed by atoms with Crippen LogP contribution in [0.1, 0.15) is 10.4 Å². The Hall–Kier alpha value is -2.66. The number of halogens is 1. The van der Waals surface area contributed by atoms with E-state index in [9.17, 15) is 9.90 Å². The summed E-state index contributed by atoms with van der Waals surface area (Å²) in [6.45, 7) is 0. The number of benzene rings is 2. The second-order valence-corrected chi connectivity index (χ2v) is 4.71. The molecule has 3 rings (SSSR count). The number of aromatic nitrogens is 2. The number of hydrogen-bond acceptors (Lipinski definition) is 4. The van der Waals surface area contributed by atoms with Crippen LogP contribution in [0.4, 0.5) is 0 Å². The Bertz CT molecular complexity index is 797. The maximum atomic E-state index is 11.2.